The molecule has 6 nitrogen and oxygen atoms in total. The van der Waals surface area contributed by atoms with Gasteiger partial charge in [-0.3, -0.25) is 4.79 Å². The van der Waals surface area contributed by atoms with Crippen LogP contribution in [0.4, 0.5) is 20.3 Å². The summed E-state index contributed by atoms with van der Waals surface area (Å²) in [5.41, 5.74) is 2.19. The van der Waals surface area contributed by atoms with Crippen LogP contribution < -0.4 is 10.2 Å². The van der Waals surface area contributed by atoms with Crippen molar-refractivity contribution in [3.63, 3.8) is 0 Å². The van der Waals surface area contributed by atoms with Crippen LogP contribution in [0.25, 0.3) is 10.9 Å². The van der Waals surface area contributed by atoms with E-state index in [0.717, 1.165) is 12.4 Å². The van der Waals surface area contributed by atoms with E-state index in [1.807, 2.05) is 4.90 Å². The Morgan fingerprint density at radius 1 is 1.09 bits per heavy atom. The summed E-state index contributed by atoms with van der Waals surface area (Å²) in [6, 6.07) is 15.7. The molecule has 0 radical (unpaired) electrons. The second-order valence-electron chi connectivity index (χ2n) is 8.20. The minimum atomic E-state index is -0.399. The number of nitrogens with one attached hydrogen (secondary N) is 1. The zero-order valence-electron chi connectivity index (χ0n) is 17.7. The van der Waals surface area contributed by atoms with Crippen LogP contribution in [-0.2, 0) is 6.54 Å². The average Bonchev–Trinajstić information content (AvgIpc) is 3.38. The molecule has 2 aromatic heterocycles. The van der Waals surface area contributed by atoms with Crippen LogP contribution in [0.2, 0.25) is 0 Å². The van der Waals surface area contributed by atoms with Gasteiger partial charge in [0.05, 0.1) is 18.0 Å². The van der Waals surface area contributed by atoms with Gasteiger partial charge in [-0.05, 0) is 60.5 Å². The molecule has 1 aliphatic heterocycles. The minimum Gasteiger partial charge on any atom is -0.391 e. The SMILES string of the molecule is O=C(Nc1ccc(N2CCC(O)C2)nc1)c1cc2cc(F)ccc2n1Cc1cccc(F)c1. The van der Waals surface area contributed by atoms with E-state index in [1.54, 1.807) is 47.2 Å². The number of amides is 1. The van der Waals surface area contributed by atoms with Crippen molar-refractivity contribution in [3.05, 3.63) is 89.8 Å². The van der Waals surface area contributed by atoms with Gasteiger partial charge >= 0.3 is 0 Å². The molecule has 168 valence electrons. The van der Waals surface area contributed by atoms with Gasteiger partial charge < -0.3 is 19.9 Å². The third-order valence-corrected chi connectivity index (χ3v) is 5.82. The Bertz CT molecular complexity index is 1320. The molecule has 3 heterocycles. The highest BCUT2D eigenvalue weighted by Gasteiger charge is 2.21. The number of hydrogen-bond acceptors (Lipinski definition) is 4. The van der Waals surface area contributed by atoms with Crippen LogP contribution in [0.3, 0.4) is 0 Å². The maximum Gasteiger partial charge on any atom is 0.272 e. The molecule has 1 amide bonds. The molecule has 1 aliphatic rings. The lowest BCUT2D eigenvalue weighted by Crippen LogP contribution is -2.22. The molecule has 0 spiro atoms. The number of hydrogen-bond donors (Lipinski definition) is 2. The number of pyridine rings is 1. The third-order valence-electron chi connectivity index (χ3n) is 5.82. The summed E-state index contributed by atoms with van der Waals surface area (Å²) in [7, 11) is 0. The molecule has 1 atom stereocenters. The number of nitrogens with zero attached hydrogens (tertiary/aromatic N) is 3. The number of rotatable bonds is 5. The number of aliphatic hydroxyl groups is 1. The molecule has 1 saturated heterocycles. The van der Waals surface area contributed by atoms with Gasteiger partial charge in [0, 0.05) is 30.5 Å². The zero-order valence-corrected chi connectivity index (χ0v) is 17.7. The monoisotopic (exact) mass is 448 g/mol. The fraction of sp³-hybridized carbons (Fsp3) is 0.200. The fourth-order valence-electron chi connectivity index (χ4n) is 4.21. The molecule has 0 bridgehead atoms. The summed E-state index contributed by atoms with van der Waals surface area (Å²) in [4.78, 5) is 19.5. The van der Waals surface area contributed by atoms with Crippen molar-refractivity contribution >= 4 is 28.3 Å². The van der Waals surface area contributed by atoms with Gasteiger partial charge in [0.1, 0.15) is 23.1 Å². The molecule has 5 rings (SSSR count). The first-order chi connectivity index (χ1) is 16.0. The predicted octanol–water partition coefficient (Wildman–Crippen LogP) is 4.19. The number of carbonyl (C=O) groups is 1. The summed E-state index contributed by atoms with van der Waals surface area (Å²) < 4.78 is 29.3. The van der Waals surface area contributed by atoms with Crippen LogP contribution in [0.5, 0.6) is 0 Å². The maximum absolute atomic E-state index is 13.8. The van der Waals surface area contributed by atoms with Gasteiger partial charge in [0.25, 0.3) is 5.91 Å². The van der Waals surface area contributed by atoms with E-state index in [9.17, 15) is 18.7 Å². The van der Waals surface area contributed by atoms with Crippen LogP contribution in [-0.4, -0.2) is 39.8 Å². The molecule has 1 fully saturated rings. The van der Waals surface area contributed by atoms with Crippen molar-refractivity contribution < 1.29 is 18.7 Å². The second-order valence-corrected chi connectivity index (χ2v) is 8.20. The molecule has 1 unspecified atom stereocenters. The molecule has 2 aromatic carbocycles. The maximum atomic E-state index is 13.8. The van der Waals surface area contributed by atoms with E-state index >= 15 is 0 Å². The predicted molar refractivity (Wildman–Crippen MR) is 122 cm³/mol. The number of aromatic nitrogens is 2. The average molecular weight is 448 g/mol. The lowest BCUT2D eigenvalue weighted by Gasteiger charge is -2.17. The van der Waals surface area contributed by atoms with E-state index in [0.29, 0.717) is 40.8 Å². The summed E-state index contributed by atoms with van der Waals surface area (Å²) in [5, 5.41) is 13.1. The lowest BCUT2D eigenvalue weighted by molar-refractivity contribution is 0.101. The summed E-state index contributed by atoms with van der Waals surface area (Å²) in [5.74, 6) is -0.406. The molecule has 0 saturated carbocycles. The molecule has 8 heteroatoms. The number of aliphatic hydroxyl groups excluding tert-OH is 1. The molecular formula is C25H22F2N4O2. The standard InChI is InChI=1S/C25H22F2N4O2/c26-18-3-1-2-16(10-18)14-31-22-6-4-19(27)11-17(22)12-23(31)25(33)29-20-5-7-24(28-13-20)30-9-8-21(32)15-30/h1-7,10-13,21,32H,8-9,14-15H2,(H,29,33). The van der Waals surface area contributed by atoms with Gasteiger partial charge in [-0.1, -0.05) is 12.1 Å². The summed E-state index contributed by atoms with van der Waals surface area (Å²) in [6.07, 6.45) is 1.92. The normalized spacial score (nSPS) is 15.8. The summed E-state index contributed by atoms with van der Waals surface area (Å²) >= 11 is 0. The van der Waals surface area contributed by atoms with Gasteiger partial charge in [0.2, 0.25) is 0 Å². The quantitative estimate of drug-likeness (QED) is 0.481. The van der Waals surface area contributed by atoms with Gasteiger partial charge in [0.15, 0.2) is 0 Å². The number of anilines is 2. The molecule has 4 aromatic rings. The number of fused-ring (bicyclic) bond motifs is 1. The van der Waals surface area contributed by atoms with Crippen molar-refractivity contribution in [1.82, 2.24) is 9.55 Å². The largest absolute Gasteiger partial charge is 0.391 e. The van der Waals surface area contributed by atoms with Gasteiger partial charge in [-0.25, -0.2) is 13.8 Å². The highest BCUT2D eigenvalue weighted by molar-refractivity contribution is 6.06. The van der Waals surface area contributed by atoms with Gasteiger partial charge in [-0.2, -0.15) is 0 Å². The van der Waals surface area contributed by atoms with Crippen LogP contribution in [0.15, 0.2) is 66.9 Å². The van der Waals surface area contributed by atoms with Crippen molar-refractivity contribution in [2.24, 2.45) is 0 Å². The van der Waals surface area contributed by atoms with Gasteiger partial charge in [-0.15, -0.1) is 0 Å². The Kier molecular flexibility index (Phi) is 5.51. The van der Waals surface area contributed by atoms with Crippen LogP contribution >= 0.6 is 0 Å². The zero-order chi connectivity index (χ0) is 22.9. The van der Waals surface area contributed by atoms with Crippen LogP contribution in [0, 0.1) is 11.6 Å². The highest BCUT2D eigenvalue weighted by atomic mass is 19.1. The Morgan fingerprint density at radius 3 is 2.67 bits per heavy atom. The lowest BCUT2D eigenvalue weighted by atomic mass is 10.2. The topological polar surface area (TPSA) is 70.4 Å². The van der Waals surface area contributed by atoms with Crippen molar-refractivity contribution in [2.45, 2.75) is 19.1 Å². The molecule has 0 aliphatic carbocycles. The number of carbonyl (C=O) groups excluding carboxylic acids is 1. The van der Waals surface area contributed by atoms with Crippen molar-refractivity contribution in [2.75, 3.05) is 23.3 Å². The van der Waals surface area contributed by atoms with Crippen molar-refractivity contribution in [1.29, 1.82) is 0 Å². The van der Waals surface area contributed by atoms with Crippen molar-refractivity contribution in [3.8, 4) is 0 Å². The molecule has 2 N–H and O–H groups in total. The first-order valence-corrected chi connectivity index (χ1v) is 10.7. The Morgan fingerprint density at radius 2 is 1.94 bits per heavy atom. The van der Waals surface area contributed by atoms with Crippen LogP contribution in [0.1, 0.15) is 22.5 Å². The first kappa shape index (κ1) is 21.1. The fourth-order valence-corrected chi connectivity index (χ4v) is 4.21. The van der Waals surface area contributed by atoms with E-state index in [2.05, 4.69) is 10.3 Å². The highest BCUT2D eigenvalue weighted by Crippen LogP contribution is 2.25. The van der Waals surface area contributed by atoms with E-state index < -0.39 is 5.82 Å². The number of benzene rings is 2. The summed E-state index contributed by atoms with van der Waals surface area (Å²) in [6.45, 7) is 1.52. The van der Waals surface area contributed by atoms with E-state index in [4.69, 9.17) is 0 Å². The third kappa shape index (κ3) is 4.42. The van der Waals surface area contributed by atoms with E-state index in [-0.39, 0.29) is 24.4 Å². The Hall–Kier alpha value is -3.78. The van der Waals surface area contributed by atoms with E-state index in [1.165, 1.54) is 24.3 Å². The Balaban J connectivity index is 1.43. The Labute approximate surface area is 189 Å². The molecular weight excluding hydrogens is 426 g/mol. The molecule has 33 heavy (non-hydrogen) atoms. The number of β-amino-alcohol motifs (C(OH)–C–C–N with tert-alkyl or cyclic N) is 1. The second kappa shape index (κ2) is 8.63. The number of halogens is 2. The minimum absolute atomic E-state index is 0.254. The first-order valence-electron chi connectivity index (χ1n) is 10.7. The smallest absolute Gasteiger partial charge is 0.272 e.